The van der Waals surface area contributed by atoms with Crippen LogP contribution in [-0.4, -0.2) is 15.5 Å². The third kappa shape index (κ3) is 2.74. The van der Waals surface area contributed by atoms with E-state index >= 15 is 0 Å². The van der Waals surface area contributed by atoms with Gasteiger partial charge in [0.1, 0.15) is 6.33 Å². The van der Waals surface area contributed by atoms with Crippen molar-refractivity contribution in [3.63, 3.8) is 0 Å². The summed E-state index contributed by atoms with van der Waals surface area (Å²) in [7, 11) is 0. The summed E-state index contributed by atoms with van der Waals surface area (Å²) in [6, 6.07) is 5.26. The minimum atomic E-state index is -0.697. The summed E-state index contributed by atoms with van der Waals surface area (Å²) in [6.45, 7) is 3.96. The van der Waals surface area contributed by atoms with Gasteiger partial charge in [-0.3, -0.25) is 9.36 Å². The Balaban J connectivity index is 2.51. The monoisotopic (exact) mass is 310 g/mol. The van der Waals surface area contributed by atoms with Gasteiger partial charge in [0.15, 0.2) is 0 Å². The van der Waals surface area contributed by atoms with Crippen LogP contribution in [0, 0.1) is 0 Å². The van der Waals surface area contributed by atoms with Gasteiger partial charge in [-0.2, -0.15) is 0 Å². The van der Waals surface area contributed by atoms with Crippen LogP contribution in [0.3, 0.4) is 0 Å². The predicted molar refractivity (Wildman–Crippen MR) is 81.6 cm³/mol. The van der Waals surface area contributed by atoms with E-state index in [0.717, 1.165) is 12.0 Å². The number of halogens is 2. The van der Waals surface area contributed by atoms with Gasteiger partial charge < -0.3 is 0 Å². The zero-order chi connectivity index (χ0) is 14.8. The van der Waals surface area contributed by atoms with Crippen molar-refractivity contribution >= 4 is 29.1 Å². The first kappa shape index (κ1) is 15.1. The maximum Gasteiger partial charge on any atom is 0.242 e. The van der Waals surface area contributed by atoms with E-state index in [2.05, 4.69) is 4.98 Å². The highest BCUT2D eigenvalue weighted by molar-refractivity contribution is 6.35. The van der Waals surface area contributed by atoms with Crippen molar-refractivity contribution < 1.29 is 4.79 Å². The molecule has 0 radical (unpaired) electrons. The summed E-state index contributed by atoms with van der Waals surface area (Å²) < 4.78 is 1.50. The Kier molecular flexibility index (Phi) is 4.51. The fourth-order valence-electron chi connectivity index (χ4n) is 2.46. The molecule has 0 bridgehead atoms. The van der Waals surface area contributed by atoms with Crippen LogP contribution < -0.4 is 0 Å². The molecule has 0 spiro atoms. The van der Waals surface area contributed by atoms with Crippen LogP contribution in [0.2, 0.25) is 10.0 Å². The lowest BCUT2D eigenvalue weighted by Gasteiger charge is -2.29. The molecule has 5 heteroatoms. The standard InChI is InChI=1S/C15H16Cl2N2O/c1-3-6-15(2,14(20)19-8-7-18-10-19)12-5-4-11(16)9-13(12)17/h4-5,7-10H,3,6H2,1-2H3. The number of aromatic nitrogens is 2. The molecule has 0 aliphatic carbocycles. The number of hydrogen-bond donors (Lipinski definition) is 0. The molecule has 20 heavy (non-hydrogen) atoms. The summed E-state index contributed by atoms with van der Waals surface area (Å²) in [6.07, 6.45) is 6.33. The van der Waals surface area contributed by atoms with Crippen LogP contribution in [0.15, 0.2) is 36.9 Å². The average molecular weight is 311 g/mol. The lowest BCUT2D eigenvalue weighted by atomic mass is 9.77. The van der Waals surface area contributed by atoms with Crippen molar-refractivity contribution in [2.75, 3.05) is 0 Å². The summed E-state index contributed by atoms with van der Waals surface area (Å²) in [5.74, 6) is -0.0407. The molecule has 0 aliphatic heterocycles. The molecule has 2 rings (SSSR count). The van der Waals surface area contributed by atoms with E-state index in [9.17, 15) is 4.79 Å². The first-order chi connectivity index (χ1) is 9.49. The number of carbonyl (C=O) groups excluding carboxylic acids is 1. The van der Waals surface area contributed by atoms with Crippen LogP contribution in [0.1, 0.15) is 37.0 Å². The SMILES string of the molecule is CCCC(C)(C(=O)n1ccnc1)c1ccc(Cl)cc1Cl. The fraction of sp³-hybridized carbons (Fsp3) is 0.333. The van der Waals surface area contributed by atoms with Crippen molar-refractivity contribution in [3.05, 3.63) is 52.5 Å². The van der Waals surface area contributed by atoms with Gasteiger partial charge in [-0.05, 0) is 31.0 Å². The molecule has 0 saturated carbocycles. The third-order valence-electron chi connectivity index (χ3n) is 3.49. The molecular weight excluding hydrogens is 295 g/mol. The van der Waals surface area contributed by atoms with Crippen molar-refractivity contribution in [2.24, 2.45) is 0 Å². The molecule has 0 N–H and O–H groups in total. The second-order valence-electron chi connectivity index (χ2n) is 4.98. The number of imidazole rings is 1. The summed E-state index contributed by atoms with van der Waals surface area (Å²) in [4.78, 5) is 16.7. The smallest absolute Gasteiger partial charge is 0.242 e. The van der Waals surface area contributed by atoms with E-state index in [0.29, 0.717) is 16.5 Å². The van der Waals surface area contributed by atoms with Gasteiger partial charge in [-0.1, -0.05) is 42.6 Å². The fourth-order valence-corrected chi connectivity index (χ4v) is 3.08. The number of carbonyl (C=O) groups is 1. The number of hydrogen-bond acceptors (Lipinski definition) is 2. The van der Waals surface area contributed by atoms with E-state index in [1.165, 1.54) is 10.9 Å². The van der Waals surface area contributed by atoms with E-state index in [1.54, 1.807) is 24.5 Å². The number of nitrogens with zero attached hydrogens (tertiary/aromatic N) is 2. The molecule has 0 aliphatic rings. The average Bonchev–Trinajstić information content (AvgIpc) is 2.91. The number of rotatable bonds is 4. The van der Waals surface area contributed by atoms with E-state index in [4.69, 9.17) is 23.2 Å². The molecule has 0 saturated heterocycles. The van der Waals surface area contributed by atoms with Crippen LogP contribution in [0.25, 0.3) is 0 Å². The van der Waals surface area contributed by atoms with Gasteiger partial charge in [-0.25, -0.2) is 4.98 Å². The van der Waals surface area contributed by atoms with Gasteiger partial charge in [0.2, 0.25) is 5.91 Å². The normalized spacial score (nSPS) is 14.0. The summed E-state index contributed by atoms with van der Waals surface area (Å²) >= 11 is 12.2. The molecule has 1 unspecified atom stereocenters. The molecular formula is C15H16Cl2N2O. The van der Waals surface area contributed by atoms with Crippen LogP contribution in [0.4, 0.5) is 0 Å². The lowest BCUT2D eigenvalue weighted by Crippen LogP contribution is -2.36. The van der Waals surface area contributed by atoms with Crippen molar-refractivity contribution in [3.8, 4) is 0 Å². The zero-order valence-electron chi connectivity index (χ0n) is 11.4. The van der Waals surface area contributed by atoms with Crippen molar-refractivity contribution in [1.82, 2.24) is 9.55 Å². The molecule has 2 aromatic rings. The first-order valence-corrected chi connectivity index (χ1v) is 7.23. The Morgan fingerprint density at radius 2 is 2.15 bits per heavy atom. The Labute approximate surface area is 128 Å². The molecule has 0 fully saturated rings. The molecule has 1 atom stereocenters. The topological polar surface area (TPSA) is 34.9 Å². The highest BCUT2D eigenvalue weighted by atomic mass is 35.5. The predicted octanol–water partition coefficient (Wildman–Crippen LogP) is 4.59. The highest BCUT2D eigenvalue weighted by Gasteiger charge is 2.36. The second-order valence-corrected chi connectivity index (χ2v) is 5.83. The summed E-state index contributed by atoms with van der Waals surface area (Å²) in [5.41, 5.74) is 0.0982. The van der Waals surface area contributed by atoms with E-state index in [-0.39, 0.29) is 5.91 Å². The second kappa shape index (κ2) is 5.98. The molecule has 0 amide bonds. The first-order valence-electron chi connectivity index (χ1n) is 6.47. The van der Waals surface area contributed by atoms with Crippen molar-refractivity contribution in [2.45, 2.75) is 32.1 Å². The van der Waals surface area contributed by atoms with Crippen LogP contribution in [-0.2, 0) is 5.41 Å². The molecule has 1 heterocycles. The Morgan fingerprint density at radius 1 is 1.40 bits per heavy atom. The van der Waals surface area contributed by atoms with Gasteiger partial charge >= 0.3 is 0 Å². The lowest BCUT2D eigenvalue weighted by molar-refractivity contribution is 0.0798. The largest absolute Gasteiger partial charge is 0.276 e. The molecule has 106 valence electrons. The highest BCUT2D eigenvalue weighted by Crippen LogP contribution is 2.36. The molecule has 3 nitrogen and oxygen atoms in total. The minimum Gasteiger partial charge on any atom is -0.276 e. The van der Waals surface area contributed by atoms with Gasteiger partial charge in [-0.15, -0.1) is 0 Å². The van der Waals surface area contributed by atoms with E-state index in [1.807, 2.05) is 19.9 Å². The third-order valence-corrected chi connectivity index (χ3v) is 4.03. The Bertz CT molecular complexity index is 610. The zero-order valence-corrected chi connectivity index (χ0v) is 12.9. The number of benzene rings is 1. The quantitative estimate of drug-likeness (QED) is 0.828. The van der Waals surface area contributed by atoms with Gasteiger partial charge in [0.25, 0.3) is 0 Å². The Morgan fingerprint density at radius 3 is 2.70 bits per heavy atom. The van der Waals surface area contributed by atoms with Crippen LogP contribution in [0.5, 0.6) is 0 Å². The molecule has 1 aromatic carbocycles. The van der Waals surface area contributed by atoms with Crippen LogP contribution >= 0.6 is 23.2 Å². The maximum atomic E-state index is 12.8. The maximum absolute atomic E-state index is 12.8. The van der Waals surface area contributed by atoms with E-state index < -0.39 is 5.41 Å². The summed E-state index contributed by atoms with van der Waals surface area (Å²) in [5, 5.41) is 1.08. The minimum absolute atomic E-state index is 0.0407. The van der Waals surface area contributed by atoms with Gasteiger partial charge in [0.05, 0.1) is 5.41 Å². The molecule has 1 aromatic heterocycles. The van der Waals surface area contributed by atoms with Gasteiger partial charge in [0, 0.05) is 22.4 Å². The Hall–Kier alpha value is -1.32. The van der Waals surface area contributed by atoms with Crippen molar-refractivity contribution in [1.29, 1.82) is 0 Å².